The van der Waals surface area contributed by atoms with Crippen molar-refractivity contribution in [1.29, 1.82) is 0 Å². The van der Waals surface area contributed by atoms with E-state index in [1.807, 2.05) is 6.92 Å². The molecule has 7 heteroatoms. The fourth-order valence-electron chi connectivity index (χ4n) is 2.48. The van der Waals surface area contributed by atoms with Crippen molar-refractivity contribution in [3.63, 3.8) is 0 Å². The highest BCUT2D eigenvalue weighted by molar-refractivity contribution is 6.35. The molecule has 0 N–H and O–H groups in total. The van der Waals surface area contributed by atoms with Crippen LogP contribution in [0.1, 0.15) is 23.8 Å². The summed E-state index contributed by atoms with van der Waals surface area (Å²) in [4.78, 5) is 12.2. The van der Waals surface area contributed by atoms with E-state index in [-0.39, 0.29) is 17.7 Å². The van der Waals surface area contributed by atoms with Crippen molar-refractivity contribution in [2.45, 2.75) is 19.4 Å². The van der Waals surface area contributed by atoms with Crippen LogP contribution in [-0.2, 0) is 9.47 Å². The molecular formula is C16H16Cl2N2O3. The zero-order valence-electron chi connectivity index (χ0n) is 12.5. The maximum atomic E-state index is 12.2. The standard InChI is InChI=1S/C16H16Cl2N2O3/c1-10(11-5-7-22-9-11)23-16(21)14-4-6-20(19-14)15-3-2-12(17)8-13(15)18/h2-4,6,8,10-11H,5,7,9H2,1H3/t10-,11-/m0/s1. The zero-order chi connectivity index (χ0) is 16.4. The SMILES string of the molecule is C[C@H](OC(=O)c1ccn(-c2ccc(Cl)cc2Cl)n1)[C@H]1CCOC1. The van der Waals surface area contributed by atoms with E-state index < -0.39 is 5.97 Å². The molecule has 2 heterocycles. The average Bonchev–Trinajstić information content (AvgIpc) is 3.19. The van der Waals surface area contributed by atoms with Gasteiger partial charge in [-0.25, -0.2) is 9.48 Å². The normalized spacial score (nSPS) is 18.8. The van der Waals surface area contributed by atoms with Crippen molar-refractivity contribution in [2.24, 2.45) is 5.92 Å². The Balaban J connectivity index is 1.72. The van der Waals surface area contributed by atoms with Crippen LogP contribution in [-0.4, -0.2) is 35.1 Å². The molecule has 5 nitrogen and oxygen atoms in total. The second-order valence-electron chi connectivity index (χ2n) is 5.48. The average molecular weight is 355 g/mol. The lowest BCUT2D eigenvalue weighted by Gasteiger charge is -2.17. The van der Waals surface area contributed by atoms with Crippen molar-refractivity contribution in [3.8, 4) is 5.69 Å². The monoisotopic (exact) mass is 354 g/mol. The third-order valence-corrected chi connectivity index (χ3v) is 4.41. The summed E-state index contributed by atoms with van der Waals surface area (Å²) in [6.07, 6.45) is 2.37. The molecule has 0 bridgehead atoms. The molecule has 1 aliphatic rings. The molecule has 1 aliphatic heterocycles. The van der Waals surface area contributed by atoms with E-state index in [4.69, 9.17) is 32.7 Å². The summed E-state index contributed by atoms with van der Waals surface area (Å²) < 4.78 is 12.3. The summed E-state index contributed by atoms with van der Waals surface area (Å²) in [6, 6.07) is 6.68. The van der Waals surface area contributed by atoms with Crippen LogP contribution in [0.4, 0.5) is 0 Å². The van der Waals surface area contributed by atoms with Crippen LogP contribution < -0.4 is 0 Å². The highest BCUT2D eigenvalue weighted by atomic mass is 35.5. The Morgan fingerprint density at radius 2 is 2.26 bits per heavy atom. The number of rotatable bonds is 4. The minimum absolute atomic E-state index is 0.200. The Bertz CT molecular complexity index is 711. The largest absolute Gasteiger partial charge is 0.458 e. The predicted molar refractivity (Wildman–Crippen MR) is 87.4 cm³/mol. The molecule has 1 fully saturated rings. The molecule has 2 aromatic rings. The third-order valence-electron chi connectivity index (χ3n) is 3.88. The number of esters is 1. The molecule has 122 valence electrons. The van der Waals surface area contributed by atoms with E-state index in [1.165, 1.54) is 4.68 Å². The summed E-state index contributed by atoms with van der Waals surface area (Å²) in [5, 5.41) is 5.23. The van der Waals surface area contributed by atoms with Gasteiger partial charge in [0.1, 0.15) is 6.10 Å². The van der Waals surface area contributed by atoms with Gasteiger partial charge in [0, 0.05) is 23.7 Å². The van der Waals surface area contributed by atoms with Crippen molar-refractivity contribution in [2.75, 3.05) is 13.2 Å². The minimum atomic E-state index is -0.451. The van der Waals surface area contributed by atoms with Gasteiger partial charge >= 0.3 is 5.97 Å². The molecule has 3 rings (SSSR count). The van der Waals surface area contributed by atoms with Gasteiger partial charge in [-0.15, -0.1) is 0 Å². The molecule has 1 aromatic carbocycles. The lowest BCUT2D eigenvalue weighted by molar-refractivity contribution is 0.0173. The zero-order valence-corrected chi connectivity index (χ0v) is 14.0. The molecular weight excluding hydrogens is 339 g/mol. The van der Waals surface area contributed by atoms with Gasteiger partial charge in [-0.05, 0) is 37.6 Å². The van der Waals surface area contributed by atoms with Crippen LogP contribution in [0.25, 0.3) is 5.69 Å². The molecule has 0 amide bonds. The van der Waals surface area contributed by atoms with Crippen LogP contribution in [0.5, 0.6) is 0 Å². The number of carbonyl (C=O) groups is 1. The molecule has 0 aliphatic carbocycles. The van der Waals surface area contributed by atoms with Gasteiger partial charge in [0.2, 0.25) is 0 Å². The first-order valence-corrected chi connectivity index (χ1v) is 8.10. The van der Waals surface area contributed by atoms with E-state index in [2.05, 4.69) is 5.10 Å². The first-order valence-electron chi connectivity index (χ1n) is 7.34. The van der Waals surface area contributed by atoms with Gasteiger partial charge < -0.3 is 9.47 Å². The molecule has 0 unspecified atom stereocenters. The van der Waals surface area contributed by atoms with E-state index in [1.54, 1.807) is 30.5 Å². The molecule has 0 radical (unpaired) electrons. The van der Waals surface area contributed by atoms with Gasteiger partial charge in [-0.1, -0.05) is 23.2 Å². The second kappa shape index (κ2) is 6.91. The minimum Gasteiger partial charge on any atom is -0.458 e. The van der Waals surface area contributed by atoms with Gasteiger partial charge in [-0.3, -0.25) is 0 Å². The van der Waals surface area contributed by atoms with Crippen molar-refractivity contribution in [1.82, 2.24) is 9.78 Å². The second-order valence-corrected chi connectivity index (χ2v) is 6.32. The summed E-state index contributed by atoms with van der Waals surface area (Å²) >= 11 is 12.0. The molecule has 0 spiro atoms. The highest BCUT2D eigenvalue weighted by Crippen LogP contribution is 2.24. The molecule has 1 saturated heterocycles. The summed E-state index contributed by atoms with van der Waals surface area (Å²) in [7, 11) is 0. The summed E-state index contributed by atoms with van der Waals surface area (Å²) in [5.41, 5.74) is 0.883. The predicted octanol–water partition coefficient (Wildman–Crippen LogP) is 3.76. The highest BCUT2D eigenvalue weighted by Gasteiger charge is 2.26. The number of nitrogens with zero attached hydrogens (tertiary/aromatic N) is 2. The van der Waals surface area contributed by atoms with E-state index >= 15 is 0 Å². The van der Waals surface area contributed by atoms with E-state index in [0.717, 1.165) is 13.0 Å². The van der Waals surface area contributed by atoms with E-state index in [0.29, 0.717) is 22.3 Å². The first kappa shape index (κ1) is 16.3. The van der Waals surface area contributed by atoms with E-state index in [9.17, 15) is 4.79 Å². The number of hydrogen-bond acceptors (Lipinski definition) is 4. The number of ether oxygens (including phenoxy) is 2. The molecule has 1 aromatic heterocycles. The lowest BCUT2D eigenvalue weighted by Crippen LogP contribution is -2.24. The molecule has 2 atom stereocenters. The molecule has 0 saturated carbocycles. The number of aromatic nitrogens is 2. The maximum absolute atomic E-state index is 12.2. The fraction of sp³-hybridized carbons (Fsp3) is 0.375. The first-order chi connectivity index (χ1) is 11.0. The van der Waals surface area contributed by atoms with Crippen LogP contribution in [0.3, 0.4) is 0 Å². The third kappa shape index (κ3) is 3.68. The number of benzene rings is 1. The molecule has 23 heavy (non-hydrogen) atoms. The maximum Gasteiger partial charge on any atom is 0.359 e. The van der Waals surface area contributed by atoms with Crippen LogP contribution in [0, 0.1) is 5.92 Å². The Hall–Kier alpha value is -1.56. The Labute approximate surface area is 144 Å². The van der Waals surface area contributed by atoms with Gasteiger partial charge in [0.25, 0.3) is 0 Å². The Kier molecular flexibility index (Phi) is 4.90. The number of carbonyl (C=O) groups excluding carboxylic acids is 1. The number of hydrogen-bond donors (Lipinski definition) is 0. The van der Waals surface area contributed by atoms with Crippen LogP contribution >= 0.6 is 23.2 Å². The lowest BCUT2D eigenvalue weighted by atomic mass is 10.0. The summed E-state index contributed by atoms with van der Waals surface area (Å²) in [5.74, 6) is -0.208. The Morgan fingerprint density at radius 1 is 1.43 bits per heavy atom. The van der Waals surface area contributed by atoms with Gasteiger partial charge in [0.05, 0.1) is 17.3 Å². The summed E-state index contributed by atoms with van der Waals surface area (Å²) in [6.45, 7) is 3.23. The van der Waals surface area contributed by atoms with Gasteiger partial charge in [-0.2, -0.15) is 5.10 Å². The fourth-order valence-corrected chi connectivity index (χ4v) is 2.98. The van der Waals surface area contributed by atoms with Crippen LogP contribution in [0.15, 0.2) is 30.5 Å². The quantitative estimate of drug-likeness (QED) is 0.784. The smallest absolute Gasteiger partial charge is 0.359 e. The van der Waals surface area contributed by atoms with Crippen molar-refractivity contribution < 1.29 is 14.3 Å². The van der Waals surface area contributed by atoms with Crippen molar-refractivity contribution >= 4 is 29.2 Å². The van der Waals surface area contributed by atoms with Gasteiger partial charge in [0.15, 0.2) is 5.69 Å². The van der Waals surface area contributed by atoms with Crippen molar-refractivity contribution in [3.05, 3.63) is 46.2 Å². The topological polar surface area (TPSA) is 53.4 Å². The Morgan fingerprint density at radius 3 is 2.96 bits per heavy atom. The van der Waals surface area contributed by atoms with Crippen LogP contribution in [0.2, 0.25) is 10.0 Å². The number of halogens is 2.